The van der Waals surface area contributed by atoms with E-state index < -0.39 is 0 Å². The highest BCUT2D eigenvalue weighted by Gasteiger charge is 2.30. The van der Waals surface area contributed by atoms with Crippen LogP contribution in [0.25, 0.3) is 0 Å². The molecule has 1 aromatic carbocycles. The normalized spacial score (nSPS) is 20.2. The molecule has 1 saturated heterocycles. The van der Waals surface area contributed by atoms with Crippen LogP contribution in [-0.2, 0) is 16.0 Å². The molecule has 2 aliphatic heterocycles. The molecule has 1 aromatic rings. The second-order valence-electron chi connectivity index (χ2n) is 6.43. The van der Waals surface area contributed by atoms with Crippen molar-refractivity contribution in [1.29, 1.82) is 0 Å². The van der Waals surface area contributed by atoms with E-state index in [4.69, 9.17) is 14.2 Å². The molecule has 136 valence electrons. The average Bonchev–Trinajstić information content (AvgIpc) is 2.67. The van der Waals surface area contributed by atoms with Gasteiger partial charge >= 0.3 is 6.09 Å². The summed E-state index contributed by atoms with van der Waals surface area (Å²) in [5.74, 6) is 1.35. The summed E-state index contributed by atoms with van der Waals surface area (Å²) < 4.78 is 15.7. The highest BCUT2D eigenvalue weighted by Crippen LogP contribution is 2.31. The Balaban J connectivity index is 1.52. The van der Waals surface area contributed by atoms with E-state index in [-0.39, 0.29) is 24.0 Å². The van der Waals surface area contributed by atoms with Gasteiger partial charge in [0, 0.05) is 25.2 Å². The first-order chi connectivity index (χ1) is 12.1. The van der Waals surface area contributed by atoms with E-state index in [1.54, 1.807) is 12.0 Å². The predicted molar refractivity (Wildman–Crippen MR) is 90.8 cm³/mol. The summed E-state index contributed by atoms with van der Waals surface area (Å²) in [6.45, 7) is 1.57. The van der Waals surface area contributed by atoms with Crippen molar-refractivity contribution in [2.24, 2.45) is 5.92 Å². The zero-order valence-corrected chi connectivity index (χ0v) is 14.6. The molecule has 25 heavy (non-hydrogen) atoms. The molecule has 0 aliphatic carbocycles. The van der Waals surface area contributed by atoms with Crippen LogP contribution in [0.3, 0.4) is 0 Å². The van der Waals surface area contributed by atoms with Crippen LogP contribution in [-0.4, -0.2) is 56.9 Å². The first kappa shape index (κ1) is 17.4. The minimum atomic E-state index is -0.308. The van der Waals surface area contributed by atoms with E-state index in [0.29, 0.717) is 26.1 Å². The maximum atomic E-state index is 12.5. The van der Waals surface area contributed by atoms with Crippen LogP contribution in [0.2, 0.25) is 0 Å². The molecule has 1 N–H and O–H groups in total. The standard InChI is InChI=1S/C18H24N2O5/c1-23-15-4-3-12-9-13(11-25-16(12)10-15)17(21)19-14-5-7-20(8-6-14)18(22)24-2/h3-4,10,13-14H,5-9,11H2,1-2H3,(H,19,21). The number of hydrogen-bond acceptors (Lipinski definition) is 5. The molecule has 1 unspecified atom stereocenters. The molecule has 7 nitrogen and oxygen atoms in total. The summed E-state index contributed by atoms with van der Waals surface area (Å²) in [5, 5.41) is 3.10. The lowest BCUT2D eigenvalue weighted by Gasteiger charge is -2.32. The van der Waals surface area contributed by atoms with Gasteiger partial charge < -0.3 is 24.4 Å². The van der Waals surface area contributed by atoms with Crippen molar-refractivity contribution in [3.8, 4) is 11.5 Å². The van der Waals surface area contributed by atoms with Gasteiger partial charge in [0.2, 0.25) is 5.91 Å². The number of benzene rings is 1. The van der Waals surface area contributed by atoms with Gasteiger partial charge in [-0.05, 0) is 30.9 Å². The van der Waals surface area contributed by atoms with Gasteiger partial charge in [-0.1, -0.05) is 6.07 Å². The van der Waals surface area contributed by atoms with Crippen molar-refractivity contribution in [1.82, 2.24) is 10.2 Å². The Labute approximate surface area is 147 Å². The second-order valence-corrected chi connectivity index (χ2v) is 6.43. The number of nitrogens with zero attached hydrogens (tertiary/aromatic N) is 1. The smallest absolute Gasteiger partial charge is 0.409 e. The van der Waals surface area contributed by atoms with Gasteiger partial charge in [0.15, 0.2) is 0 Å². The summed E-state index contributed by atoms with van der Waals surface area (Å²) in [7, 11) is 3.00. The van der Waals surface area contributed by atoms with E-state index in [1.165, 1.54) is 7.11 Å². The Kier molecular flexibility index (Phi) is 5.31. The Morgan fingerprint density at radius 3 is 2.68 bits per heavy atom. The predicted octanol–water partition coefficient (Wildman–Crippen LogP) is 1.59. The number of likely N-dealkylation sites (tertiary alicyclic amines) is 1. The quantitative estimate of drug-likeness (QED) is 0.898. The number of fused-ring (bicyclic) bond motifs is 1. The van der Waals surface area contributed by atoms with Crippen LogP contribution in [0, 0.1) is 5.92 Å². The molecule has 7 heteroatoms. The molecular weight excluding hydrogens is 324 g/mol. The maximum Gasteiger partial charge on any atom is 0.409 e. The molecule has 2 heterocycles. The van der Waals surface area contributed by atoms with Gasteiger partial charge in [0.25, 0.3) is 0 Å². The SMILES string of the molecule is COC(=O)N1CCC(NC(=O)C2COc3cc(OC)ccc3C2)CC1. The third-order valence-electron chi connectivity index (χ3n) is 4.83. The first-order valence-corrected chi connectivity index (χ1v) is 8.53. The fourth-order valence-electron chi connectivity index (χ4n) is 3.30. The lowest BCUT2D eigenvalue weighted by Crippen LogP contribution is -2.49. The summed E-state index contributed by atoms with van der Waals surface area (Å²) in [4.78, 5) is 25.7. The zero-order valence-electron chi connectivity index (χ0n) is 14.6. The van der Waals surface area contributed by atoms with E-state index in [9.17, 15) is 9.59 Å². The fraction of sp³-hybridized carbons (Fsp3) is 0.556. The molecule has 0 spiro atoms. The number of rotatable bonds is 3. The maximum absolute atomic E-state index is 12.5. The van der Waals surface area contributed by atoms with Crippen molar-refractivity contribution >= 4 is 12.0 Å². The number of amides is 2. The molecule has 2 amide bonds. The number of carbonyl (C=O) groups excluding carboxylic acids is 2. The highest BCUT2D eigenvalue weighted by molar-refractivity contribution is 5.80. The molecule has 2 aliphatic rings. The van der Waals surface area contributed by atoms with E-state index in [2.05, 4.69) is 5.32 Å². The van der Waals surface area contributed by atoms with Crippen LogP contribution >= 0.6 is 0 Å². The monoisotopic (exact) mass is 348 g/mol. The first-order valence-electron chi connectivity index (χ1n) is 8.53. The van der Waals surface area contributed by atoms with E-state index >= 15 is 0 Å². The number of carbonyl (C=O) groups is 2. The van der Waals surface area contributed by atoms with E-state index in [1.807, 2.05) is 18.2 Å². The van der Waals surface area contributed by atoms with Crippen LogP contribution < -0.4 is 14.8 Å². The highest BCUT2D eigenvalue weighted by atomic mass is 16.5. The molecule has 0 bridgehead atoms. The number of nitrogens with one attached hydrogen (secondary N) is 1. The second kappa shape index (κ2) is 7.63. The lowest BCUT2D eigenvalue weighted by atomic mass is 9.95. The van der Waals surface area contributed by atoms with Gasteiger partial charge in [-0.25, -0.2) is 4.79 Å². The lowest BCUT2D eigenvalue weighted by molar-refractivity contribution is -0.127. The van der Waals surface area contributed by atoms with Crippen LogP contribution in [0.1, 0.15) is 18.4 Å². The van der Waals surface area contributed by atoms with Crippen molar-refractivity contribution in [2.75, 3.05) is 33.9 Å². The summed E-state index contributed by atoms with van der Waals surface area (Å²) in [6, 6.07) is 5.77. The van der Waals surface area contributed by atoms with Gasteiger partial charge in [-0.15, -0.1) is 0 Å². The number of ether oxygens (including phenoxy) is 3. The van der Waals surface area contributed by atoms with Gasteiger partial charge in [-0.3, -0.25) is 4.79 Å². The van der Waals surface area contributed by atoms with Crippen LogP contribution in [0.15, 0.2) is 18.2 Å². The Morgan fingerprint density at radius 1 is 1.24 bits per heavy atom. The molecule has 0 aromatic heterocycles. The van der Waals surface area contributed by atoms with Gasteiger partial charge in [0.1, 0.15) is 18.1 Å². The summed E-state index contributed by atoms with van der Waals surface area (Å²) in [5.41, 5.74) is 1.02. The Bertz CT molecular complexity index is 640. The largest absolute Gasteiger partial charge is 0.497 e. The average molecular weight is 348 g/mol. The molecule has 1 atom stereocenters. The third kappa shape index (κ3) is 3.97. The number of piperidine rings is 1. The van der Waals surface area contributed by atoms with Gasteiger partial charge in [0.05, 0.1) is 20.1 Å². The van der Waals surface area contributed by atoms with Crippen LogP contribution in [0.4, 0.5) is 4.79 Å². The zero-order chi connectivity index (χ0) is 17.8. The summed E-state index contributed by atoms with van der Waals surface area (Å²) in [6.07, 6.45) is 1.83. The molecule has 1 fully saturated rings. The molecule has 0 saturated carbocycles. The van der Waals surface area contributed by atoms with E-state index in [0.717, 1.165) is 29.9 Å². The van der Waals surface area contributed by atoms with Crippen molar-refractivity contribution in [2.45, 2.75) is 25.3 Å². The fourth-order valence-corrected chi connectivity index (χ4v) is 3.30. The Morgan fingerprint density at radius 2 is 2.00 bits per heavy atom. The number of methoxy groups -OCH3 is 2. The van der Waals surface area contributed by atoms with Crippen LogP contribution in [0.5, 0.6) is 11.5 Å². The molecule has 0 radical (unpaired) electrons. The molecular formula is C18H24N2O5. The Hall–Kier alpha value is -2.44. The topological polar surface area (TPSA) is 77.1 Å². The third-order valence-corrected chi connectivity index (χ3v) is 4.83. The van der Waals surface area contributed by atoms with Crippen molar-refractivity contribution < 1.29 is 23.8 Å². The molecule has 3 rings (SSSR count). The minimum Gasteiger partial charge on any atom is -0.497 e. The minimum absolute atomic E-state index is 0.0120. The van der Waals surface area contributed by atoms with Crippen molar-refractivity contribution in [3.05, 3.63) is 23.8 Å². The van der Waals surface area contributed by atoms with Crippen molar-refractivity contribution in [3.63, 3.8) is 0 Å². The van der Waals surface area contributed by atoms with Gasteiger partial charge in [-0.2, -0.15) is 0 Å². The summed E-state index contributed by atoms with van der Waals surface area (Å²) >= 11 is 0. The number of hydrogen-bond donors (Lipinski definition) is 1.